The molecule has 1 aromatic heterocycles. The molecule has 1 unspecified atom stereocenters. The number of carbonyl (C=O) groups is 1. The number of benzene rings is 2. The zero-order valence-electron chi connectivity index (χ0n) is 18.3. The first-order valence-corrected chi connectivity index (χ1v) is 10.5. The molecule has 0 bridgehead atoms. The van der Waals surface area contributed by atoms with E-state index in [1.54, 1.807) is 18.3 Å². The molecule has 1 aliphatic rings. The highest BCUT2D eigenvalue weighted by molar-refractivity contribution is 5.94. The first-order valence-electron chi connectivity index (χ1n) is 10.5. The highest BCUT2D eigenvalue weighted by Gasteiger charge is 2.24. The minimum atomic E-state index is -0.123. The third-order valence-electron chi connectivity index (χ3n) is 5.13. The van der Waals surface area contributed by atoms with Crippen LogP contribution in [-0.4, -0.2) is 34.6 Å². The van der Waals surface area contributed by atoms with Crippen molar-refractivity contribution in [2.75, 3.05) is 6.54 Å². The Kier molecular flexibility index (Phi) is 5.89. The van der Waals surface area contributed by atoms with E-state index >= 15 is 0 Å². The van der Waals surface area contributed by atoms with Crippen LogP contribution < -0.4 is 14.8 Å². The van der Waals surface area contributed by atoms with Gasteiger partial charge in [0.2, 0.25) is 0 Å². The number of aryl methyl sites for hydroxylation is 2. The van der Waals surface area contributed by atoms with Crippen molar-refractivity contribution in [2.24, 2.45) is 0 Å². The highest BCUT2D eigenvalue weighted by Crippen LogP contribution is 2.33. The number of hydrogen-bond acceptors (Lipinski definition) is 5. The summed E-state index contributed by atoms with van der Waals surface area (Å²) < 4.78 is 11.7. The predicted octanol–water partition coefficient (Wildman–Crippen LogP) is 4.28. The summed E-state index contributed by atoms with van der Waals surface area (Å²) in [6, 6.07) is 13.3. The van der Waals surface area contributed by atoms with Gasteiger partial charge in [0.1, 0.15) is 17.6 Å². The summed E-state index contributed by atoms with van der Waals surface area (Å²) in [7, 11) is 0. The molecule has 160 valence electrons. The van der Waals surface area contributed by atoms with Crippen LogP contribution in [0.1, 0.15) is 41.2 Å². The molecule has 1 amide bonds. The molecule has 2 aromatic carbocycles. The molecular weight excluding hydrogens is 390 g/mol. The molecule has 6 heteroatoms. The number of carbonyl (C=O) groups excluding carboxylic acids is 1. The fourth-order valence-electron chi connectivity index (χ4n) is 3.66. The molecule has 31 heavy (non-hydrogen) atoms. The quantitative estimate of drug-likeness (QED) is 0.648. The Morgan fingerprint density at radius 2 is 1.97 bits per heavy atom. The number of rotatable bonds is 6. The van der Waals surface area contributed by atoms with E-state index < -0.39 is 0 Å². The minimum Gasteiger partial charge on any atom is -0.491 e. The monoisotopic (exact) mass is 417 g/mol. The summed E-state index contributed by atoms with van der Waals surface area (Å²) in [5.74, 6) is 1.49. The topological polar surface area (TPSA) is 73.3 Å². The van der Waals surface area contributed by atoms with Crippen molar-refractivity contribution >= 4 is 5.91 Å². The molecule has 4 rings (SSSR count). The second-order valence-corrected chi connectivity index (χ2v) is 8.11. The van der Waals surface area contributed by atoms with Crippen LogP contribution in [0.5, 0.6) is 11.5 Å². The summed E-state index contributed by atoms with van der Waals surface area (Å²) in [5, 5.41) is 2.97. The Balaban J connectivity index is 1.37. The first-order chi connectivity index (χ1) is 14.9. The van der Waals surface area contributed by atoms with Gasteiger partial charge in [0, 0.05) is 23.7 Å². The van der Waals surface area contributed by atoms with Crippen molar-refractivity contribution in [1.29, 1.82) is 0 Å². The van der Waals surface area contributed by atoms with E-state index in [1.165, 1.54) is 0 Å². The lowest BCUT2D eigenvalue weighted by Crippen LogP contribution is -2.34. The van der Waals surface area contributed by atoms with Crippen LogP contribution in [0.4, 0.5) is 0 Å². The van der Waals surface area contributed by atoms with Gasteiger partial charge in [0.05, 0.1) is 29.7 Å². The molecule has 6 nitrogen and oxygen atoms in total. The Hall–Kier alpha value is -3.41. The van der Waals surface area contributed by atoms with Crippen LogP contribution in [-0.2, 0) is 6.42 Å². The van der Waals surface area contributed by atoms with Crippen LogP contribution in [0, 0.1) is 13.8 Å². The van der Waals surface area contributed by atoms with Crippen molar-refractivity contribution in [1.82, 2.24) is 15.3 Å². The highest BCUT2D eigenvalue weighted by atomic mass is 16.5. The SMILES string of the molecule is Cc1cnc(C)c(-c2ccc3c(c2)CC(CNC(=O)c2ccc(OC(C)C)cc2)O3)n1. The van der Waals surface area contributed by atoms with Crippen molar-refractivity contribution in [3.63, 3.8) is 0 Å². The van der Waals surface area contributed by atoms with Crippen LogP contribution in [0.15, 0.2) is 48.7 Å². The van der Waals surface area contributed by atoms with Gasteiger partial charge >= 0.3 is 0 Å². The molecule has 1 aliphatic heterocycles. The molecule has 0 saturated heterocycles. The van der Waals surface area contributed by atoms with Gasteiger partial charge < -0.3 is 14.8 Å². The normalized spacial score (nSPS) is 14.8. The van der Waals surface area contributed by atoms with Crippen LogP contribution in [0.25, 0.3) is 11.3 Å². The fraction of sp³-hybridized carbons (Fsp3) is 0.320. The van der Waals surface area contributed by atoms with Crippen molar-refractivity contribution < 1.29 is 14.3 Å². The Bertz CT molecular complexity index is 1090. The van der Waals surface area contributed by atoms with Gasteiger partial charge in [-0.1, -0.05) is 0 Å². The van der Waals surface area contributed by atoms with E-state index in [0.29, 0.717) is 12.1 Å². The number of aromatic nitrogens is 2. The summed E-state index contributed by atoms with van der Waals surface area (Å²) in [4.78, 5) is 21.5. The van der Waals surface area contributed by atoms with E-state index in [1.807, 2.05) is 52.0 Å². The average molecular weight is 418 g/mol. The van der Waals surface area contributed by atoms with Crippen molar-refractivity contribution in [2.45, 2.75) is 46.3 Å². The van der Waals surface area contributed by atoms with Gasteiger partial charge in [-0.3, -0.25) is 9.78 Å². The van der Waals surface area contributed by atoms with Crippen LogP contribution in [0.3, 0.4) is 0 Å². The number of hydrogen-bond donors (Lipinski definition) is 1. The van der Waals surface area contributed by atoms with Gasteiger partial charge in [-0.15, -0.1) is 0 Å². The third-order valence-corrected chi connectivity index (χ3v) is 5.13. The van der Waals surface area contributed by atoms with E-state index in [0.717, 1.165) is 46.1 Å². The summed E-state index contributed by atoms with van der Waals surface area (Å²) in [6.07, 6.45) is 2.52. The summed E-state index contributed by atoms with van der Waals surface area (Å²) >= 11 is 0. The molecule has 1 atom stereocenters. The minimum absolute atomic E-state index is 0.0950. The van der Waals surface area contributed by atoms with Crippen LogP contribution in [0.2, 0.25) is 0 Å². The van der Waals surface area contributed by atoms with E-state index in [4.69, 9.17) is 9.47 Å². The standard InChI is InChI=1S/C25H27N3O3/c1-15(2)30-21-8-5-18(6-9-21)25(29)27-14-22-12-20-11-19(7-10-23(20)31-22)24-17(4)26-13-16(3)28-24/h5-11,13,15,22H,12,14H2,1-4H3,(H,27,29). The van der Waals surface area contributed by atoms with Gasteiger partial charge in [0.15, 0.2) is 0 Å². The summed E-state index contributed by atoms with van der Waals surface area (Å²) in [5.41, 5.74) is 5.44. The zero-order valence-corrected chi connectivity index (χ0v) is 18.3. The van der Waals surface area contributed by atoms with Gasteiger partial charge in [-0.05, 0) is 75.7 Å². The van der Waals surface area contributed by atoms with Crippen molar-refractivity contribution in [3.05, 3.63) is 71.2 Å². The molecule has 0 fully saturated rings. The van der Waals surface area contributed by atoms with Crippen LogP contribution >= 0.6 is 0 Å². The van der Waals surface area contributed by atoms with Gasteiger partial charge in [-0.25, -0.2) is 4.98 Å². The second kappa shape index (κ2) is 8.76. The number of amides is 1. The maximum absolute atomic E-state index is 12.5. The average Bonchev–Trinajstić information content (AvgIpc) is 3.16. The molecular formula is C25H27N3O3. The number of ether oxygens (including phenoxy) is 2. The lowest BCUT2D eigenvalue weighted by Gasteiger charge is -2.13. The summed E-state index contributed by atoms with van der Waals surface area (Å²) in [6.45, 7) is 8.29. The molecule has 3 aromatic rings. The van der Waals surface area contributed by atoms with Gasteiger partial charge in [0.25, 0.3) is 5.91 Å². The lowest BCUT2D eigenvalue weighted by atomic mass is 10.0. The lowest BCUT2D eigenvalue weighted by molar-refractivity contribution is 0.0933. The molecule has 0 radical (unpaired) electrons. The maximum Gasteiger partial charge on any atom is 0.251 e. The third kappa shape index (κ3) is 4.85. The van der Waals surface area contributed by atoms with Gasteiger partial charge in [-0.2, -0.15) is 0 Å². The van der Waals surface area contributed by atoms with E-state index in [9.17, 15) is 4.79 Å². The molecule has 1 N–H and O–H groups in total. The van der Waals surface area contributed by atoms with E-state index in [2.05, 4.69) is 21.4 Å². The van der Waals surface area contributed by atoms with E-state index in [-0.39, 0.29) is 18.1 Å². The zero-order chi connectivity index (χ0) is 22.0. The maximum atomic E-state index is 12.5. The largest absolute Gasteiger partial charge is 0.491 e. The fourth-order valence-corrected chi connectivity index (χ4v) is 3.66. The molecule has 2 heterocycles. The number of nitrogens with zero attached hydrogens (tertiary/aromatic N) is 2. The Labute approximate surface area is 182 Å². The smallest absolute Gasteiger partial charge is 0.251 e. The number of fused-ring (bicyclic) bond motifs is 1. The molecule has 0 saturated carbocycles. The first kappa shape index (κ1) is 20.8. The molecule has 0 spiro atoms. The Morgan fingerprint density at radius 3 is 2.71 bits per heavy atom. The second-order valence-electron chi connectivity index (χ2n) is 8.11. The Morgan fingerprint density at radius 1 is 1.19 bits per heavy atom. The molecule has 0 aliphatic carbocycles. The predicted molar refractivity (Wildman–Crippen MR) is 120 cm³/mol. The number of nitrogens with one attached hydrogen (secondary N) is 1. The van der Waals surface area contributed by atoms with Crippen molar-refractivity contribution in [3.8, 4) is 22.8 Å².